The quantitative estimate of drug-likeness (QED) is 0.454. The van der Waals surface area contributed by atoms with Crippen LogP contribution < -0.4 is 4.90 Å². The highest BCUT2D eigenvalue weighted by molar-refractivity contribution is 6.34. The number of hydrogen-bond donors (Lipinski definition) is 1. The van der Waals surface area contributed by atoms with Crippen molar-refractivity contribution >= 4 is 35.1 Å². The maximum atomic E-state index is 14.6. The molecule has 4 aliphatic heterocycles. The van der Waals surface area contributed by atoms with Crippen LogP contribution in [0.2, 0.25) is 5.02 Å². The number of fused-ring (bicyclic) bond motifs is 2. The molecule has 4 heterocycles. The van der Waals surface area contributed by atoms with Crippen molar-refractivity contribution < 1.29 is 29.0 Å². The van der Waals surface area contributed by atoms with Gasteiger partial charge in [0, 0.05) is 6.54 Å². The Bertz CT molecular complexity index is 1380. The molecular formula is C30H29ClN2O6. The predicted molar refractivity (Wildman–Crippen MR) is 144 cm³/mol. The van der Waals surface area contributed by atoms with Gasteiger partial charge in [-0.2, -0.15) is 0 Å². The smallest absolute Gasteiger partial charge is 0.313 e. The van der Waals surface area contributed by atoms with Crippen LogP contribution in [0.1, 0.15) is 24.9 Å². The van der Waals surface area contributed by atoms with E-state index in [-0.39, 0.29) is 13.2 Å². The fraction of sp³-hybridized carbons (Fsp3) is 0.367. The van der Waals surface area contributed by atoms with E-state index in [1.54, 1.807) is 60.7 Å². The highest BCUT2D eigenvalue weighted by Crippen LogP contribution is 2.59. The summed E-state index contributed by atoms with van der Waals surface area (Å²) >= 11 is 6.52. The molecule has 1 N–H and O–H groups in total. The number of carbonyl (C=O) groups excluding carboxylic acids is 3. The lowest BCUT2D eigenvalue weighted by atomic mass is 9.73. The Morgan fingerprint density at radius 1 is 1.00 bits per heavy atom. The zero-order valence-electron chi connectivity index (χ0n) is 21.4. The molecule has 0 radical (unpaired) electrons. The molecule has 6 rings (SSSR count). The van der Waals surface area contributed by atoms with E-state index in [0.717, 1.165) is 0 Å². The van der Waals surface area contributed by atoms with Crippen LogP contribution in [0, 0.1) is 11.8 Å². The number of cyclic esters (lactones) is 1. The fourth-order valence-electron chi connectivity index (χ4n) is 6.79. The van der Waals surface area contributed by atoms with Crippen LogP contribution in [0.4, 0.5) is 5.69 Å². The summed E-state index contributed by atoms with van der Waals surface area (Å²) in [5.41, 5.74) is -1.42. The number of esters is 1. The fourth-order valence-corrected chi connectivity index (χ4v) is 7.03. The average molecular weight is 549 g/mol. The number of rotatable bonds is 5. The Morgan fingerprint density at radius 3 is 2.46 bits per heavy atom. The van der Waals surface area contributed by atoms with Crippen molar-refractivity contribution in [3.8, 4) is 0 Å². The van der Waals surface area contributed by atoms with Crippen LogP contribution in [0.5, 0.6) is 0 Å². The highest BCUT2D eigenvalue weighted by Gasteiger charge is 2.76. The van der Waals surface area contributed by atoms with E-state index in [1.807, 2.05) is 25.1 Å². The first kappa shape index (κ1) is 25.8. The summed E-state index contributed by atoms with van der Waals surface area (Å²) in [7, 11) is 0. The molecule has 2 aromatic carbocycles. The molecule has 9 heteroatoms. The van der Waals surface area contributed by atoms with Gasteiger partial charge in [0.05, 0.1) is 29.3 Å². The summed E-state index contributed by atoms with van der Waals surface area (Å²) in [6.07, 6.45) is 7.50. The second kappa shape index (κ2) is 9.62. The molecule has 2 fully saturated rings. The van der Waals surface area contributed by atoms with E-state index in [4.69, 9.17) is 21.1 Å². The van der Waals surface area contributed by atoms with Crippen molar-refractivity contribution in [1.82, 2.24) is 4.90 Å². The molecule has 0 saturated carbocycles. The van der Waals surface area contributed by atoms with Gasteiger partial charge in [0.1, 0.15) is 29.8 Å². The van der Waals surface area contributed by atoms with Crippen LogP contribution >= 0.6 is 11.6 Å². The summed E-state index contributed by atoms with van der Waals surface area (Å²) in [4.78, 5) is 45.5. The number of aliphatic hydroxyl groups is 1. The van der Waals surface area contributed by atoms with Crippen LogP contribution in [0.3, 0.4) is 0 Å². The third-order valence-electron chi connectivity index (χ3n) is 8.47. The van der Waals surface area contributed by atoms with Gasteiger partial charge < -0.3 is 24.4 Å². The average Bonchev–Trinajstić information content (AvgIpc) is 3.22. The van der Waals surface area contributed by atoms with E-state index in [9.17, 15) is 19.5 Å². The van der Waals surface area contributed by atoms with E-state index in [0.29, 0.717) is 22.7 Å². The lowest BCUT2D eigenvalue weighted by molar-refractivity contribution is -0.159. The minimum absolute atomic E-state index is 0.0832. The molecule has 0 bridgehead atoms. The third-order valence-corrected chi connectivity index (χ3v) is 8.79. The van der Waals surface area contributed by atoms with Gasteiger partial charge in [-0.25, -0.2) is 0 Å². The molecule has 2 amide bonds. The van der Waals surface area contributed by atoms with E-state index >= 15 is 0 Å². The lowest BCUT2D eigenvalue weighted by Gasteiger charge is -2.40. The molecule has 1 spiro atoms. The Balaban J connectivity index is 1.56. The van der Waals surface area contributed by atoms with Crippen molar-refractivity contribution in [2.24, 2.45) is 11.8 Å². The van der Waals surface area contributed by atoms with Crippen molar-refractivity contribution in [3.63, 3.8) is 0 Å². The lowest BCUT2D eigenvalue weighted by Crippen LogP contribution is -2.57. The van der Waals surface area contributed by atoms with Gasteiger partial charge in [0.15, 0.2) is 0 Å². The first-order valence-electron chi connectivity index (χ1n) is 13.1. The monoisotopic (exact) mass is 548 g/mol. The van der Waals surface area contributed by atoms with Crippen LogP contribution in [0.25, 0.3) is 0 Å². The molecule has 0 aromatic heterocycles. The first-order chi connectivity index (χ1) is 18.9. The number of anilines is 1. The zero-order chi connectivity index (χ0) is 27.4. The van der Waals surface area contributed by atoms with Gasteiger partial charge in [0.2, 0.25) is 5.91 Å². The van der Waals surface area contributed by atoms with Gasteiger partial charge in [0.25, 0.3) is 5.91 Å². The molecule has 4 aliphatic rings. The highest BCUT2D eigenvalue weighted by atomic mass is 35.5. The van der Waals surface area contributed by atoms with Crippen LogP contribution in [-0.4, -0.2) is 64.8 Å². The van der Waals surface area contributed by atoms with E-state index in [1.165, 1.54) is 9.80 Å². The van der Waals surface area contributed by atoms with Crippen LogP contribution in [-0.2, 0) is 23.9 Å². The summed E-state index contributed by atoms with van der Waals surface area (Å²) in [5, 5.41) is 11.0. The predicted octanol–water partition coefficient (Wildman–Crippen LogP) is 3.45. The van der Waals surface area contributed by atoms with E-state index in [2.05, 4.69) is 0 Å². The number of nitrogens with zero attached hydrogens (tertiary/aromatic N) is 2. The number of amides is 2. The van der Waals surface area contributed by atoms with Crippen molar-refractivity contribution in [2.75, 3.05) is 24.7 Å². The number of benzene rings is 2. The maximum absolute atomic E-state index is 14.6. The molecule has 2 saturated heterocycles. The SMILES string of the molecule is CC[C@]12C=CCOC(=O)[C@H]1[C@H]1C(=O)N([C@H](CO)c3ccccc3)C3C(=O)N(c4ccccc4Cl)CC=C[C@@]31O2. The van der Waals surface area contributed by atoms with Gasteiger partial charge in [-0.05, 0) is 30.2 Å². The largest absolute Gasteiger partial charge is 0.461 e. The topological polar surface area (TPSA) is 96.4 Å². The Labute approximate surface area is 231 Å². The zero-order valence-corrected chi connectivity index (χ0v) is 22.2. The molecule has 6 atom stereocenters. The number of aliphatic hydroxyl groups excluding tert-OH is 1. The third kappa shape index (κ3) is 3.69. The molecule has 2 aromatic rings. The summed E-state index contributed by atoms with van der Waals surface area (Å²) in [6.45, 7) is 1.74. The maximum Gasteiger partial charge on any atom is 0.313 e. The molecule has 0 aliphatic carbocycles. The Hall–Kier alpha value is -3.46. The number of halogens is 1. The number of ether oxygens (including phenoxy) is 2. The minimum atomic E-state index is -1.46. The normalized spacial score (nSPS) is 32.3. The summed E-state index contributed by atoms with van der Waals surface area (Å²) in [5.74, 6) is -3.36. The van der Waals surface area contributed by atoms with Gasteiger partial charge in [-0.3, -0.25) is 14.4 Å². The Kier molecular flexibility index (Phi) is 6.37. The molecule has 1 unspecified atom stereocenters. The molecular weight excluding hydrogens is 520 g/mol. The summed E-state index contributed by atoms with van der Waals surface area (Å²) in [6, 6.07) is 14.1. The summed E-state index contributed by atoms with van der Waals surface area (Å²) < 4.78 is 12.3. The van der Waals surface area contributed by atoms with E-state index < -0.39 is 59.5 Å². The first-order valence-corrected chi connectivity index (χ1v) is 13.5. The van der Waals surface area contributed by atoms with Gasteiger partial charge in [-0.1, -0.05) is 79.2 Å². The Morgan fingerprint density at radius 2 is 1.74 bits per heavy atom. The van der Waals surface area contributed by atoms with Crippen molar-refractivity contribution in [2.45, 2.75) is 36.6 Å². The van der Waals surface area contributed by atoms with Crippen LogP contribution in [0.15, 0.2) is 78.9 Å². The number of hydrogen-bond acceptors (Lipinski definition) is 6. The molecule has 202 valence electrons. The second-order valence-corrected chi connectivity index (χ2v) is 10.7. The minimum Gasteiger partial charge on any atom is -0.461 e. The van der Waals surface area contributed by atoms with Crippen molar-refractivity contribution in [1.29, 1.82) is 0 Å². The van der Waals surface area contributed by atoms with Crippen molar-refractivity contribution in [3.05, 3.63) is 89.5 Å². The number of para-hydroxylation sites is 1. The molecule has 8 nitrogen and oxygen atoms in total. The second-order valence-electron chi connectivity index (χ2n) is 10.3. The standard InChI is InChI=1S/C30H29ClN2O6/c1-2-29-14-9-17-38-28(37)24(29)23-26(35)33(22(18-34)19-10-4-3-5-11-19)25-27(36)32(16-8-15-30(23,25)39-29)21-13-7-6-12-20(21)31/h3-15,22-25,34H,2,16-18H2,1H3/t22-,23+,24-,25?,29+,30+/m1/s1. The van der Waals surface area contributed by atoms with Gasteiger partial charge in [-0.15, -0.1) is 0 Å². The number of likely N-dealkylation sites (tertiary alicyclic amines) is 1. The number of carbonyl (C=O) groups is 3. The van der Waals surface area contributed by atoms with Gasteiger partial charge >= 0.3 is 5.97 Å². The molecule has 39 heavy (non-hydrogen) atoms.